The lowest BCUT2D eigenvalue weighted by Crippen LogP contribution is -2.21. The highest BCUT2D eigenvalue weighted by Crippen LogP contribution is 2.23. The van der Waals surface area contributed by atoms with Gasteiger partial charge in [-0.25, -0.2) is 10.2 Å². The Morgan fingerprint density at radius 2 is 1.42 bits per heavy atom. The van der Waals surface area contributed by atoms with Gasteiger partial charge in [0.25, 0.3) is 11.8 Å². The van der Waals surface area contributed by atoms with Crippen LogP contribution in [0.25, 0.3) is 0 Å². The number of esters is 1. The molecule has 0 saturated heterocycles. The first-order chi connectivity index (χ1) is 18.3. The molecule has 0 fully saturated rings. The van der Waals surface area contributed by atoms with Gasteiger partial charge in [-0.2, -0.15) is 5.10 Å². The summed E-state index contributed by atoms with van der Waals surface area (Å²) in [6, 6.07) is 25.9. The molecule has 0 atom stereocenters. The molecule has 4 aromatic carbocycles. The van der Waals surface area contributed by atoms with Crippen LogP contribution in [0.3, 0.4) is 0 Å². The molecular weight excluding hydrogens is 546 g/mol. The highest BCUT2D eigenvalue weighted by molar-refractivity contribution is 9.10. The molecule has 2 amide bonds. The van der Waals surface area contributed by atoms with Gasteiger partial charge in [-0.15, -0.1) is 0 Å². The molecule has 8 heteroatoms. The number of para-hydroxylation sites is 1. The molecule has 0 saturated carbocycles. The standard InChI is InChI=1S/C30H24BrN3O4/c1-19-7-11-21(12-8-19)28(35)33-26-6-4-3-5-25(26)29(36)34-32-18-23-17-24(31)15-16-27(23)38-30(37)22-13-9-20(2)10-14-22/h3-18H,1-2H3,(H,33,35)(H,34,36)/b32-18-. The van der Waals surface area contributed by atoms with Crippen LogP contribution in [0, 0.1) is 13.8 Å². The van der Waals surface area contributed by atoms with E-state index in [0.717, 1.165) is 15.6 Å². The molecule has 0 aliphatic rings. The Hall–Kier alpha value is -4.56. The maximum Gasteiger partial charge on any atom is 0.343 e. The van der Waals surface area contributed by atoms with Gasteiger partial charge in [0.05, 0.1) is 23.0 Å². The van der Waals surface area contributed by atoms with Crippen LogP contribution in [0.15, 0.2) is 101 Å². The topological polar surface area (TPSA) is 96.9 Å². The molecule has 0 aromatic heterocycles. The number of amides is 2. The number of nitrogens with zero attached hydrogens (tertiary/aromatic N) is 1. The van der Waals surface area contributed by atoms with Crippen molar-refractivity contribution in [2.24, 2.45) is 5.10 Å². The zero-order chi connectivity index (χ0) is 27.1. The van der Waals surface area contributed by atoms with Crippen molar-refractivity contribution in [3.05, 3.63) is 129 Å². The number of carbonyl (C=O) groups is 3. The third-order valence-electron chi connectivity index (χ3n) is 5.57. The summed E-state index contributed by atoms with van der Waals surface area (Å²) in [6.07, 6.45) is 1.38. The van der Waals surface area contributed by atoms with E-state index in [9.17, 15) is 14.4 Å². The van der Waals surface area contributed by atoms with Crippen molar-refractivity contribution >= 4 is 45.6 Å². The van der Waals surface area contributed by atoms with E-state index in [-0.39, 0.29) is 17.2 Å². The zero-order valence-corrected chi connectivity index (χ0v) is 22.3. The molecule has 7 nitrogen and oxygen atoms in total. The Morgan fingerprint density at radius 1 is 0.789 bits per heavy atom. The molecular formula is C30H24BrN3O4. The van der Waals surface area contributed by atoms with Crippen LogP contribution < -0.4 is 15.5 Å². The summed E-state index contributed by atoms with van der Waals surface area (Å²) in [5.41, 5.74) is 6.50. The van der Waals surface area contributed by atoms with Crippen LogP contribution in [-0.4, -0.2) is 24.0 Å². The van der Waals surface area contributed by atoms with Crippen molar-refractivity contribution in [1.82, 2.24) is 5.43 Å². The Morgan fingerprint density at radius 3 is 2.11 bits per heavy atom. The third-order valence-corrected chi connectivity index (χ3v) is 6.06. The Labute approximate surface area is 228 Å². The highest BCUT2D eigenvalue weighted by Gasteiger charge is 2.15. The summed E-state index contributed by atoms with van der Waals surface area (Å²) in [5, 5.41) is 6.83. The first-order valence-electron chi connectivity index (χ1n) is 11.7. The Kier molecular flexibility index (Phi) is 8.45. The number of ether oxygens (including phenoxy) is 1. The second-order valence-electron chi connectivity index (χ2n) is 8.50. The number of rotatable bonds is 7. The fourth-order valence-corrected chi connectivity index (χ4v) is 3.85. The SMILES string of the molecule is Cc1ccc(C(=O)Nc2ccccc2C(=O)N/N=C\c2cc(Br)ccc2OC(=O)c2ccc(C)cc2)cc1. The third kappa shape index (κ3) is 6.80. The molecule has 0 spiro atoms. The summed E-state index contributed by atoms with van der Waals surface area (Å²) in [4.78, 5) is 38.1. The monoisotopic (exact) mass is 569 g/mol. The van der Waals surface area contributed by atoms with Crippen molar-refractivity contribution in [3.8, 4) is 5.75 Å². The van der Waals surface area contributed by atoms with Gasteiger partial charge in [-0.1, -0.05) is 63.5 Å². The van der Waals surface area contributed by atoms with E-state index < -0.39 is 11.9 Å². The molecule has 0 aliphatic carbocycles. The van der Waals surface area contributed by atoms with E-state index in [1.807, 2.05) is 38.1 Å². The number of hydrogen-bond acceptors (Lipinski definition) is 5. The van der Waals surface area contributed by atoms with Crippen molar-refractivity contribution in [2.45, 2.75) is 13.8 Å². The molecule has 0 heterocycles. The Balaban J connectivity index is 1.47. The van der Waals surface area contributed by atoms with Crippen LogP contribution in [0.2, 0.25) is 0 Å². The lowest BCUT2D eigenvalue weighted by Gasteiger charge is -2.10. The van der Waals surface area contributed by atoms with Crippen molar-refractivity contribution < 1.29 is 19.1 Å². The van der Waals surface area contributed by atoms with Gasteiger partial charge in [0.1, 0.15) is 5.75 Å². The predicted molar refractivity (Wildman–Crippen MR) is 151 cm³/mol. The van der Waals surface area contributed by atoms with Gasteiger partial charge in [-0.3, -0.25) is 9.59 Å². The summed E-state index contributed by atoms with van der Waals surface area (Å²) in [5.74, 6) is -1.08. The number of hydrogen-bond donors (Lipinski definition) is 2. The van der Waals surface area contributed by atoms with Crippen molar-refractivity contribution in [2.75, 3.05) is 5.32 Å². The molecule has 38 heavy (non-hydrogen) atoms. The molecule has 190 valence electrons. The number of carbonyl (C=O) groups excluding carboxylic acids is 3. The number of nitrogens with one attached hydrogen (secondary N) is 2. The lowest BCUT2D eigenvalue weighted by molar-refractivity contribution is 0.0733. The van der Waals surface area contributed by atoms with Gasteiger partial charge in [-0.05, 0) is 68.4 Å². The number of aryl methyl sites for hydroxylation is 2. The zero-order valence-electron chi connectivity index (χ0n) is 20.7. The number of hydrazone groups is 1. The number of anilines is 1. The number of halogens is 1. The van der Waals surface area contributed by atoms with E-state index in [0.29, 0.717) is 22.4 Å². The maximum atomic E-state index is 12.9. The first-order valence-corrected chi connectivity index (χ1v) is 12.5. The molecule has 2 N–H and O–H groups in total. The van der Waals surface area contributed by atoms with E-state index >= 15 is 0 Å². The average Bonchev–Trinajstić information content (AvgIpc) is 2.91. The minimum atomic E-state index is -0.519. The molecule has 4 aromatic rings. The van der Waals surface area contributed by atoms with Crippen LogP contribution in [0.5, 0.6) is 5.75 Å². The van der Waals surface area contributed by atoms with Gasteiger partial charge in [0.15, 0.2) is 0 Å². The Bertz CT molecular complexity index is 1510. The number of benzene rings is 4. The first kappa shape index (κ1) is 26.5. The lowest BCUT2D eigenvalue weighted by atomic mass is 10.1. The van der Waals surface area contributed by atoms with Gasteiger partial charge in [0.2, 0.25) is 0 Å². The summed E-state index contributed by atoms with van der Waals surface area (Å²) in [7, 11) is 0. The van der Waals surface area contributed by atoms with E-state index in [4.69, 9.17) is 4.74 Å². The van der Waals surface area contributed by atoms with Crippen LogP contribution >= 0.6 is 15.9 Å². The summed E-state index contributed by atoms with van der Waals surface area (Å²) in [6.45, 7) is 3.87. The smallest absolute Gasteiger partial charge is 0.343 e. The quantitative estimate of drug-likeness (QED) is 0.118. The van der Waals surface area contributed by atoms with Crippen molar-refractivity contribution in [1.29, 1.82) is 0 Å². The normalized spacial score (nSPS) is 10.7. The highest BCUT2D eigenvalue weighted by atomic mass is 79.9. The molecule has 4 rings (SSSR count). The fourth-order valence-electron chi connectivity index (χ4n) is 3.47. The minimum absolute atomic E-state index is 0.241. The second-order valence-corrected chi connectivity index (χ2v) is 9.42. The van der Waals surface area contributed by atoms with Gasteiger partial charge < -0.3 is 10.1 Å². The van der Waals surface area contributed by atoms with Crippen LogP contribution in [-0.2, 0) is 0 Å². The fraction of sp³-hybridized carbons (Fsp3) is 0.0667. The largest absolute Gasteiger partial charge is 0.422 e. The second kappa shape index (κ2) is 12.1. The van der Waals surface area contributed by atoms with Crippen molar-refractivity contribution in [3.63, 3.8) is 0 Å². The minimum Gasteiger partial charge on any atom is -0.422 e. The van der Waals surface area contributed by atoms with E-state index in [1.54, 1.807) is 66.7 Å². The maximum absolute atomic E-state index is 12.9. The molecule has 0 bridgehead atoms. The molecule has 0 aliphatic heterocycles. The van der Waals surface area contributed by atoms with Crippen LogP contribution in [0.4, 0.5) is 5.69 Å². The predicted octanol–water partition coefficient (Wildman–Crippen LogP) is 6.30. The molecule has 0 radical (unpaired) electrons. The average molecular weight is 570 g/mol. The molecule has 0 unspecified atom stereocenters. The summed E-state index contributed by atoms with van der Waals surface area (Å²) < 4.78 is 6.31. The van der Waals surface area contributed by atoms with E-state index in [2.05, 4.69) is 31.8 Å². The summed E-state index contributed by atoms with van der Waals surface area (Å²) >= 11 is 3.40. The van der Waals surface area contributed by atoms with Gasteiger partial charge in [0, 0.05) is 15.6 Å². The van der Waals surface area contributed by atoms with E-state index in [1.165, 1.54) is 6.21 Å². The van der Waals surface area contributed by atoms with Crippen LogP contribution in [0.1, 0.15) is 47.8 Å². The van der Waals surface area contributed by atoms with Gasteiger partial charge >= 0.3 is 5.97 Å².